The molecule has 10 rings (SSSR count). The van der Waals surface area contributed by atoms with E-state index in [1.54, 1.807) is 0 Å². The molecule has 0 aliphatic heterocycles. The van der Waals surface area contributed by atoms with Gasteiger partial charge in [0, 0.05) is 74.5 Å². The molecule has 4 heteroatoms. The number of nitrogens with zero attached hydrogens (tertiary/aromatic N) is 2. The van der Waals surface area contributed by atoms with Crippen LogP contribution in [0.15, 0.2) is 194 Å². The maximum atomic E-state index is 2.40. The van der Waals surface area contributed by atoms with E-state index in [1.807, 2.05) is 22.7 Å². The molecule has 0 atom stereocenters. The Labute approximate surface area is 310 Å². The van der Waals surface area contributed by atoms with Crippen LogP contribution in [0.3, 0.4) is 0 Å². The van der Waals surface area contributed by atoms with Crippen molar-refractivity contribution in [3.05, 3.63) is 194 Å². The minimum absolute atomic E-state index is 1.12. The van der Waals surface area contributed by atoms with E-state index in [2.05, 4.69) is 204 Å². The van der Waals surface area contributed by atoms with Crippen LogP contribution in [0.25, 0.3) is 51.5 Å². The van der Waals surface area contributed by atoms with Crippen LogP contribution in [0, 0.1) is 0 Å². The zero-order valence-corrected chi connectivity index (χ0v) is 29.8. The fourth-order valence-corrected chi connectivity index (χ4v) is 9.64. The molecular weight excluding hydrogens is 669 g/mol. The number of thiophene rings is 2. The molecule has 10 aromatic rings. The summed E-state index contributed by atoms with van der Waals surface area (Å²) in [6.45, 7) is 0. The molecule has 0 fully saturated rings. The predicted molar refractivity (Wildman–Crippen MR) is 227 cm³/mol. The monoisotopic (exact) mass is 700 g/mol. The number of hydrogen-bond acceptors (Lipinski definition) is 4. The zero-order chi connectivity index (χ0) is 34.4. The lowest BCUT2D eigenvalue weighted by Gasteiger charge is -2.26. The van der Waals surface area contributed by atoms with Gasteiger partial charge in [0.25, 0.3) is 0 Å². The van der Waals surface area contributed by atoms with Gasteiger partial charge in [0.2, 0.25) is 0 Å². The molecule has 0 aliphatic rings. The molecule has 0 saturated heterocycles. The lowest BCUT2D eigenvalue weighted by molar-refractivity contribution is 1.28. The third kappa shape index (κ3) is 5.41. The van der Waals surface area contributed by atoms with Gasteiger partial charge in [-0.1, -0.05) is 109 Å². The second-order valence-corrected chi connectivity index (χ2v) is 15.2. The minimum Gasteiger partial charge on any atom is -0.311 e. The molecule has 0 saturated carbocycles. The maximum Gasteiger partial charge on any atom is 0.0476 e. The Hall–Kier alpha value is -6.20. The van der Waals surface area contributed by atoms with E-state index in [0.29, 0.717) is 0 Å². The van der Waals surface area contributed by atoms with E-state index in [-0.39, 0.29) is 0 Å². The predicted octanol–water partition coefficient (Wildman–Crippen LogP) is 15.0. The number of para-hydroxylation sites is 2. The van der Waals surface area contributed by atoms with Crippen LogP contribution in [0.2, 0.25) is 0 Å². The highest BCUT2D eigenvalue weighted by Gasteiger charge is 2.17. The lowest BCUT2D eigenvalue weighted by Crippen LogP contribution is -2.09. The molecule has 0 unspecified atom stereocenters. The van der Waals surface area contributed by atoms with Crippen molar-refractivity contribution in [1.29, 1.82) is 0 Å². The standard InChI is InChI=1S/C48H32N2S2/c1-3-11-35(12-4-1)49(36-13-5-2-6-14-36)37-23-19-33(20-24-37)34-21-25-38(26-22-34)50(39-27-29-43-41-15-7-9-17-45(41)51-47(43)31-39)40-28-30-44-42-16-8-10-18-46(42)52-48(44)32-40/h1-32H. The van der Waals surface area contributed by atoms with Crippen molar-refractivity contribution in [2.75, 3.05) is 9.80 Å². The van der Waals surface area contributed by atoms with E-state index < -0.39 is 0 Å². The van der Waals surface area contributed by atoms with E-state index in [4.69, 9.17) is 0 Å². The third-order valence-corrected chi connectivity index (χ3v) is 12.1. The molecule has 2 heterocycles. The Balaban J connectivity index is 1.04. The van der Waals surface area contributed by atoms with Gasteiger partial charge in [0.15, 0.2) is 0 Å². The highest BCUT2D eigenvalue weighted by atomic mass is 32.1. The van der Waals surface area contributed by atoms with Gasteiger partial charge in [-0.25, -0.2) is 0 Å². The van der Waals surface area contributed by atoms with Gasteiger partial charge in [-0.3, -0.25) is 0 Å². The second-order valence-electron chi connectivity index (χ2n) is 13.0. The summed E-state index contributed by atoms with van der Waals surface area (Å²) in [6, 6.07) is 70.3. The molecule has 52 heavy (non-hydrogen) atoms. The topological polar surface area (TPSA) is 6.48 Å². The number of rotatable bonds is 7. The smallest absolute Gasteiger partial charge is 0.0476 e. The van der Waals surface area contributed by atoms with Crippen molar-refractivity contribution in [2.24, 2.45) is 0 Å². The van der Waals surface area contributed by atoms with Crippen LogP contribution in [0.1, 0.15) is 0 Å². The molecule has 246 valence electrons. The Kier molecular flexibility index (Phi) is 7.56. The average molecular weight is 701 g/mol. The molecule has 0 N–H and O–H groups in total. The first-order chi connectivity index (χ1) is 25.8. The summed E-state index contributed by atoms with van der Waals surface area (Å²) in [5.41, 5.74) is 9.18. The van der Waals surface area contributed by atoms with E-state index in [1.165, 1.54) is 51.5 Å². The second kappa shape index (κ2) is 12.8. The summed E-state index contributed by atoms with van der Waals surface area (Å²) in [7, 11) is 0. The van der Waals surface area contributed by atoms with Crippen LogP contribution < -0.4 is 9.80 Å². The van der Waals surface area contributed by atoms with Crippen LogP contribution in [-0.2, 0) is 0 Å². The lowest BCUT2D eigenvalue weighted by atomic mass is 10.0. The molecular formula is C48H32N2S2. The summed E-state index contributed by atoms with van der Waals surface area (Å²) in [4.78, 5) is 4.70. The Bertz CT molecular complexity index is 2680. The van der Waals surface area contributed by atoms with Crippen molar-refractivity contribution >= 4 is 97.1 Å². The number of benzene rings is 8. The zero-order valence-electron chi connectivity index (χ0n) is 28.2. The normalized spacial score (nSPS) is 11.5. The maximum absolute atomic E-state index is 2.40. The van der Waals surface area contributed by atoms with Crippen LogP contribution in [0.5, 0.6) is 0 Å². The quantitative estimate of drug-likeness (QED) is 0.163. The summed E-state index contributed by atoms with van der Waals surface area (Å²) < 4.78 is 5.23. The Morgan fingerprint density at radius 2 is 0.577 bits per heavy atom. The van der Waals surface area contributed by atoms with Gasteiger partial charge in [0.05, 0.1) is 0 Å². The first-order valence-electron chi connectivity index (χ1n) is 17.5. The minimum atomic E-state index is 1.12. The SMILES string of the molecule is c1ccc(N(c2ccccc2)c2ccc(-c3ccc(N(c4ccc5c(c4)sc4ccccc45)c4ccc5c(c4)sc4ccccc45)cc3)cc2)cc1. The van der Waals surface area contributed by atoms with E-state index in [9.17, 15) is 0 Å². The highest BCUT2D eigenvalue weighted by molar-refractivity contribution is 7.26. The first kappa shape index (κ1) is 30.6. The van der Waals surface area contributed by atoms with Crippen molar-refractivity contribution in [3.8, 4) is 11.1 Å². The Morgan fingerprint density at radius 3 is 1.02 bits per heavy atom. The molecule has 0 spiro atoms. The van der Waals surface area contributed by atoms with Gasteiger partial charge >= 0.3 is 0 Å². The van der Waals surface area contributed by atoms with Crippen LogP contribution in [0.4, 0.5) is 34.1 Å². The van der Waals surface area contributed by atoms with Crippen LogP contribution >= 0.6 is 22.7 Å². The van der Waals surface area contributed by atoms with Gasteiger partial charge in [0.1, 0.15) is 0 Å². The van der Waals surface area contributed by atoms with Crippen molar-refractivity contribution < 1.29 is 0 Å². The highest BCUT2D eigenvalue weighted by Crippen LogP contribution is 2.44. The van der Waals surface area contributed by atoms with E-state index in [0.717, 1.165) is 34.1 Å². The first-order valence-corrected chi connectivity index (χ1v) is 19.1. The van der Waals surface area contributed by atoms with Gasteiger partial charge in [-0.05, 0) is 96.1 Å². The molecule has 0 radical (unpaired) electrons. The summed E-state index contributed by atoms with van der Waals surface area (Å²) in [5.74, 6) is 0. The molecule has 0 amide bonds. The fourth-order valence-electron chi connectivity index (χ4n) is 7.36. The van der Waals surface area contributed by atoms with E-state index >= 15 is 0 Å². The molecule has 2 nitrogen and oxygen atoms in total. The third-order valence-electron chi connectivity index (χ3n) is 9.85. The summed E-state index contributed by atoms with van der Waals surface area (Å²) in [6.07, 6.45) is 0. The number of fused-ring (bicyclic) bond motifs is 6. The van der Waals surface area contributed by atoms with Crippen LogP contribution in [-0.4, -0.2) is 0 Å². The average Bonchev–Trinajstić information content (AvgIpc) is 3.77. The summed E-state index contributed by atoms with van der Waals surface area (Å²) in [5, 5.41) is 5.25. The number of hydrogen-bond donors (Lipinski definition) is 0. The number of anilines is 6. The van der Waals surface area contributed by atoms with Gasteiger partial charge < -0.3 is 9.80 Å². The molecule has 0 aliphatic carbocycles. The van der Waals surface area contributed by atoms with Crippen molar-refractivity contribution in [1.82, 2.24) is 0 Å². The van der Waals surface area contributed by atoms with Crippen molar-refractivity contribution in [3.63, 3.8) is 0 Å². The van der Waals surface area contributed by atoms with Gasteiger partial charge in [-0.15, -0.1) is 22.7 Å². The largest absolute Gasteiger partial charge is 0.311 e. The Morgan fingerprint density at radius 1 is 0.250 bits per heavy atom. The molecule has 8 aromatic carbocycles. The van der Waals surface area contributed by atoms with Crippen molar-refractivity contribution in [2.45, 2.75) is 0 Å². The molecule has 2 aromatic heterocycles. The fraction of sp³-hybridized carbons (Fsp3) is 0. The molecule has 0 bridgehead atoms. The summed E-state index contributed by atoms with van der Waals surface area (Å²) >= 11 is 3.72. The van der Waals surface area contributed by atoms with Gasteiger partial charge in [-0.2, -0.15) is 0 Å².